The fourth-order valence-corrected chi connectivity index (χ4v) is 3.66. The van der Waals surface area contributed by atoms with Crippen LogP contribution >= 0.6 is 0 Å². The summed E-state index contributed by atoms with van der Waals surface area (Å²) in [5.74, 6) is -0.212. The van der Waals surface area contributed by atoms with Crippen molar-refractivity contribution in [2.45, 2.75) is 76.7 Å². The first-order valence-electron chi connectivity index (χ1n) is 9.08. The van der Waals surface area contributed by atoms with E-state index in [0.717, 1.165) is 36.1 Å². The van der Waals surface area contributed by atoms with Crippen molar-refractivity contribution in [2.75, 3.05) is 0 Å². The second kappa shape index (κ2) is 6.79. The van der Waals surface area contributed by atoms with Gasteiger partial charge in [0.15, 0.2) is 6.23 Å². The molecule has 5 nitrogen and oxygen atoms in total. The van der Waals surface area contributed by atoms with Crippen LogP contribution in [0.15, 0.2) is 30.3 Å². The SMILES string of the molecule is CC(C)(C)OC(=O)N1C(=O)CC2(CCCCC2)O[C@@H]1c1ccccc1. The average Bonchev–Trinajstić information content (AvgIpc) is 2.54. The molecule has 1 saturated carbocycles. The third-order valence-corrected chi connectivity index (χ3v) is 4.78. The number of carbonyl (C=O) groups excluding carboxylic acids is 2. The van der Waals surface area contributed by atoms with Crippen LogP contribution in [-0.2, 0) is 14.3 Å². The maximum atomic E-state index is 12.9. The molecule has 0 bridgehead atoms. The molecule has 136 valence electrons. The van der Waals surface area contributed by atoms with E-state index in [4.69, 9.17) is 9.47 Å². The van der Waals surface area contributed by atoms with Gasteiger partial charge in [0.25, 0.3) is 0 Å². The van der Waals surface area contributed by atoms with E-state index < -0.39 is 23.5 Å². The Bertz CT molecular complexity index is 629. The molecule has 1 aliphatic carbocycles. The smallest absolute Gasteiger partial charge is 0.419 e. The standard InChI is InChI=1S/C20H27NO4/c1-19(2,3)25-18(23)21-16(22)14-20(12-8-5-9-13-20)24-17(21)15-10-6-4-7-11-15/h4,6-7,10-11,17H,5,8-9,12-14H2,1-3H3/t17-/m1/s1. The number of hydrogen-bond acceptors (Lipinski definition) is 4. The molecule has 0 unspecified atom stereocenters. The third kappa shape index (κ3) is 4.03. The summed E-state index contributed by atoms with van der Waals surface area (Å²) in [4.78, 5) is 26.8. The molecule has 2 amide bonds. The lowest BCUT2D eigenvalue weighted by Crippen LogP contribution is -2.55. The van der Waals surface area contributed by atoms with Gasteiger partial charge in [-0.25, -0.2) is 9.69 Å². The number of ether oxygens (including phenoxy) is 2. The fraction of sp³-hybridized carbons (Fsp3) is 0.600. The van der Waals surface area contributed by atoms with Crippen LogP contribution in [0.3, 0.4) is 0 Å². The zero-order valence-corrected chi connectivity index (χ0v) is 15.3. The van der Waals surface area contributed by atoms with Gasteiger partial charge in [-0.15, -0.1) is 0 Å². The number of rotatable bonds is 1. The second-order valence-electron chi connectivity index (χ2n) is 8.05. The molecule has 1 heterocycles. The van der Waals surface area contributed by atoms with Crippen molar-refractivity contribution in [1.29, 1.82) is 0 Å². The van der Waals surface area contributed by atoms with Gasteiger partial charge in [-0.1, -0.05) is 49.6 Å². The first-order chi connectivity index (χ1) is 11.8. The van der Waals surface area contributed by atoms with E-state index in [1.165, 1.54) is 6.42 Å². The summed E-state index contributed by atoms with van der Waals surface area (Å²) >= 11 is 0. The Morgan fingerprint density at radius 1 is 1.16 bits per heavy atom. The number of carbonyl (C=O) groups is 2. The van der Waals surface area contributed by atoms with E-state index in [2.05, 4.69) is 0 Å². The van der Waals surface area contributed by atoms with Crippen LogP contribution in [0.5, 0.6) is 0 Å². The quantitative estimate of drug-likeness (QED) is 0.748. The van der Waals surface area contributed by atoms with E-state index in [0.29, 0.717) is 0 Å². The highest BCUT2D eigenvalue weighted by atomic mass is 16.6. The number of hydrogen-bond donors (Lipinski definition) is 0. The predicted octanol–water partition coefficient (Wildman–Crippen LogP) is 4.57. The molecular formula is C20H27NO4. The van der Waals surface area contributed by atoms with Gasteiger partial charge in [0, 0.05) is 5.56 Å². The Hall–Kier alpha value is -1.88. The van der Waals surface area contributed by atoms with Crippen LogP contribution in [0.1, 0.15) is 71.1 Å². The van der Waals surface area contributed by atoms with E-state index in [-0.39, 0.29) is 12.3 Å². The lowest BCUT2D eigenvalue weighted by atomic mass is 9.80. The van der Waals surface area contributed by atoms with Crippen LogP contribution in [0.4, 0.5) is 4.79 Å². The third-order valence-electron chi connectivity index (χ3n) is 4.78. The van der Waals surface area contributed by atoms with Crippen molar-refractivity contribution in [1.82, 2.24) is 4.90 Å². The molecule has 1 aromatic rings. The maximum Gasteiger partial charge on any atom is 0.419 e. The summed E-state index contributed by atoms with van der Waals surface area (Å²) in [6, 6.07) is 9.45. The molecule has 0 N–H and O–H groups in total. The molecule has 0 aromatic heterocycles. The number of nitrogens with zero attached hydrogens (tertiary/aromatic N) is 1. The van der Waals surface area contributed by atoms with Crippen LogP contribution < -0.4 is 0 Å². The van der Waals surface area contributed by atoms with Gasteiger partial charge in [-0.2, -0.15) is 0 Å². The van der Waals surface area contributed by atoms with Crippen molar-refractivity contribution in [3.05, 3.63) is 35.9 Å². The molecule has 1 spiro atoms. The first kappa shape index (κ1) is 17.9. The molecule has 3 rings (SSSR count). The summed E-state index contributed by atoms with van der Waals surface area (Å²) < 4.78 is 11.9. The monoisotopic (exact) mass is 345 g/mol. The van der Waals surface area contributed by atoms with Crippen molar-refractivity contribution < 1.29 is 19.1 Å². The van der Waals surface area contributed by atoms with E-state index >= 15 is 0 Å². The summed E-state index contributed by atoms with van der Waals surface area (Å²) in [6.45, 7) is 5.38. The Morgan fingerprint density at radius 2 is 1.80 bits per heavy atom. The molecule has 5 heteroatoms. The zero-order valence-electron chi connectivity index (χ0n) is 15.3. The topological polar surface area (TPSA) is 55.8 Å². The summed E-state index contributed by atoms with van der Waals surface area (Å²) in [7, 11) is 0. The maximum absolute atomic E-state index is 12.9. The van der Waals surface area contributed by atoms with Crippen molar-refractivity contribution in [3.63, 3.8) is 0 Å². The lowest BCUT2D eigenvalue weighted by Gasteiger charge is -2.47. The Labute approximate surface area is 149 Å². The van der Waals surface area contributed by atoms with Crippen LogP contribution in [-0.4, -0.2) is 28.1 Å². The summed E-state index contributed by atoms with van der Waals surface area (Å²) in [6.07, 6.45) is 3.89. The summed E-state index contributed by atoms with van der Waals surface area (Å²) in [5.41, 5.74) is -0.321. The van der Waals surface area contributed by atoms with E-state index in [1.54, 1.807) is 20.8 Å². The molecule has 2 aliphatic rings. The number of imide groups is 1. The lowest BCUT2D eigenvalue weighted by molar-refractivity contribution is -0.208. The normalized spacial score (nSPS) is 23.6. The van der Waals surface area contributed by atoms with E-state index in [9.17, 15) is 9.59 Å². The largest absolute Gasteiger partial charge is 0.443 e. The number of amides is 2. The molecular weight excluding hydrogens is 318 g/mol. The van der Waals surface area contributed by atoms with Gasteiger partial charge in [0.1, 0.15) is 5.60 Å². The number of benzene rings is 1. The Kier molecular flexibility index (Phi) is 4.87. The predicted molar refractivity (Wildman–Crippen MR) is 93.8 cm³/mol. The van der Waals surface area contributed by atoms with Crippen molar-refractivity contribution in [3.8, 4) is 0 Å². The molecule has 1 aromatic carbocycles. The van der Waals surface area contributed by atoms with Crippen molar-refractivity contribution in [2.24, 2.45) is 0 Å². The minimum atomic E-state index is -0.726. The van der Waals surface area contributed by atoms with Gasteiger partial charge in [-0.05, 0) is 33.6 Å². The van der Waals surface area contributed by atoms with Gasteiger partial charge >= 0.3 is 6.09 Å². The summed E-state index contributed by atoms with van der Waals surface area (Å²) in [5, 5.41) is 0. The molecule has 2 fully saturated rings. The highest BCUT2D eigenvalue weighted by Crippen LogP contribution is 2.44. The first-order valence-corrected chi connectivity index (χ1v) is 9.08. The Balaban J connectivity index is 1.92. The van der Waals surface area contributed by atoms with Gasteiger partial charge in [-0.3, -0.25) is 4.79 Å². The molecule has 1 atom stereocenters. The second-order valence-corrected chi connectivity index (χ2v) is 8.05. The van der Waals surface area contributed by atoms with Gasteiger partial charge < -0.3 is 9.47 Å². The highest BCUT2D eigenvalue weighted by Gasteiger charge is 2.49. The van der Waals surface area contributed by atoms with Crippen LogP contribution in [0.25, 0.3) is 0 Å². The Morgan fingerprint density at radius 3 is 2.40 bits per heavy atom. The molecule has 1 aliphatic heterocycles. The molecule has 0 radical (unpaired) electrons. The van der Waals surface area contributed by atoms with Gasteiger partial charge in [0.05, 0.1) is 12.0 Å². The zero-order chi connectivity index (χ0) is 18.1. The molecule has 1 saturated heterocycles. The minimum Gasteiger partial charge on any atom is -0.443 e. The van der Waals surface area contributed by atoms with Crippen LogP contribution in [0, 0.1) is 0 Å². The molecule has 25 heavy (non-hydrogen) atoms. The van der Waals surface area contributed by atoms with Gasteiger partial charge in [0.2, 0.25) is 5.91 Å². The minimum absolute atomic E-state index is 0.212. The van der Waals surface area contributed by atoms with Crippen molar-refractivity contribution >= 4 is 12.0 Å². The van der Waals surface area contributed by atoms with Crippen LogP contribution in [0.2, 0.25) is 0 Å². The fourth-order valence-electron chi connectivity index (χ4n) is 3.66. The van der Waals surface area contributed by atoms with E-state index in [1.807, 2.05) is 30.3 Å². The average molecular weight is 345 g/mol. The highest BCUT2D eigenvalue weighted by molar-refractivity contribution is 5.93.